The quantitative estimate of drug-likeness (QED) is 0.799. The predicted octanol–water partition coefficient (Wildman–Crippen LogP) is 2.48. The highest BCUT2D eigenvalue weighted by Crippen LogP contribution is 2.32. The lowest BCUT2D eigenvalue weighted by Gasteiger charge is -2.20. The number of rotatable bonds is 2. The molecule has 2 heterocycles. The molecule has 4 nitrogen and oxygen atoms in total. The summed E-state index contributed by atoms with van der Waals surface area (Å²) in [5.41, 5.74) is 1.28. The van der Waals surface area contributed by atoms with Crippen LogP contribution in [-0.4, -0.2) is 23.2 Å². The number of aromatic nitrogens is 2. The fraction of sp³-hybridized carbons (Fsp3) is 0.333. The minimum absolute atomic E-state index is 0.309. The molecule has 0 N–H and O–H groups in total. The van der Waals surface area contributed by atoms with E-state index in [9.17, 15) is 4.39 Å². The average Bonchev–Trinajstić information content (AvgIpc) is 3.02. The average molecular weight is 233 g/mol. The molecule has 1 fully saturated rings. The van der Waals surface area contributed by atoms with Crippen LogP contribution in [-0.2, 0) is 0 Å². The van der Waals surface area contributed by atoms with Gasteiger partial charge in [0.25, 0.3) is 0 Å². The number of hydrogen-bond acceptors (Lipinski definition) is 4. The van der Waals surface area contributed by atoms with Crippen molar-refractivity contribution in [3.63, 3.8) is 0 Å². The SMILES string of the molecule is Fc1cccc(N2CCCC2)c1-c1ncon1. The van der Waals surface area contributed by atoms with Crippen LogP contribution in [0.5, 0.6) is 0 Å². The fourth-order valence-corrected chi connectivity index (χ4v) is 2.24. The molecule has 0 atom stereocenters. The van der Waals surface area contributed by atoms with E-state index in [-0.39, 0.29) is 5.82 Å². The maximum atomic E-state index is 13.9. The van der Waals surface area contributed by atoms with Gasteiger partial charge in [-0.3, -0.25) is 0 Å². The summed E-state index contributed by atoms with van der Waals surface area (Å²) in [7, 11) is 0. The summed E-state index contributed by atoms with van der Waals surface area (Å²) in [5, 5.41) is 3.73. The summed E-state index contributed by atoms with van der Waals surface area (Å²) in [6.07, 6.45) is 3.50. The van der Waals surface area contributed by atoms with Crippen LogP contribution in [0.4, 0.5) is 10.1 Å². The zero-order valence-electron chi connectivity index (χ0n) is 9.27. The van der Waals surface area contributed by atoms with E-state index in [4.69, 9.17) is 4.52 Å². The van der Waals surface area contributed by atoms with Gasteiger partial charge in [0.2, 0.25) is 12.2 Å². The van der Waals surface area contributed by atoms with E-state index < -0.39 is 0 Å². The Hall–Kier alpha value is -1.91. The molecule has 0 radical (unpaired) electrons. The van der Waals surface area contributed by atoms with Gasteiger partial charge in [0.1, 0.15) is 5.82 Å². The molecule has 1 saturated heterocycles. The zero-order chi connectivity index (χ0) is 11.7. The van der Waals surface area contributed by atoms with E-state index in [1.807, 2.05) is 6.07 Å². The van der Waals surface area contributed by atoms with E-state index in [0.717, 1.165) is 31.6 Å². The smallest absolute Gasteiger partial charge is 0.214 e. The van der Waals surface area contributed by atoms with Crippen LogP contribution in [0.25, 0.3) is 11.4 Å². The van der Waals surface area contributed by atoms with E-state index in [1.165, 1.54) is 12.5 Å². The minimum Gasteiger partial charge on any atom is -0.371 e. The monoisotopic (exact) mass is 233 g/mol. The van der Waals surface area contributed by atoms with E-state index in [0.29, 0.717) is 11.4 Å². The Morgan fingerprint density at radius 2 is 2.06 bits per heavy atom. The van der Waals surface area contributed by atoms with Gasteiger partial charge in [-0.15, -0.1) is 0 Å². The summed E-state index contributed by atoms with van der Waals surface area (Å²) in [6, 6.07) is 5.04. The molecule has 17 heavy (non-hydrogen) atoms. The van der Waals surface area contributed by atoms with Crippen LogP contribution in [0.2, 0.25) is 0 Å². The lowest BCUT2D eigenvalue weighted by atomic mass is 10.1. The Bertz CT molecular complexity index is 506. The van der Waals surface area contributed by atoms with Crippen molar-refractivity contribution in [1.29, 1.82) is 0 Å². The molecule has 0 spiro atoms. The van der Waals surface area contributed by atoms with Crippen LogP contribution in [0.3, 0.4) is 0 Å². The van der Waals surface area contributed by atoms with Gasteiger partial charge in [0, 0.05) is 13.1 Å². The standard InChI is InChI=1S/C12H12FN3O/c13-9-4-3-5-10(16-6-1-2-7-16)11(9)12-14-8-17-15-12/h3-5,8H,1-2,6-7H2. The number of nitrogens with zero attached hydrogens (tertiary/aromatic N) is 3. The summed E-state index contributed by atoms with van der Waals surface area (Å²) in [4.78, 5) is 6.10. The minimum atomic E-state index is -0.309. The van der Waals surface area contributed by atoms with Gasteiger partial charge >= 0.3 is 0 Å². The number of hydrogen-bond donors (Lipinski definition) is 0. The lowest BCUT2D eigenvalue weighted by Crippen LogP contribution is -2.19. The first kappa shape index (κ1) is 10.3. The van der Waals surface area contributed by atoms with Crippen LogP contribution < -0.4 is 4.90 Å². The molecule has 1 aromatic heterocycles. The Morgan fingerprint density at radius 3 is 2.76 bits per heavy atom. The summed E-state index contributed by atoms with van der Waals surface area (Å²) in [5.74, 6) is 0.000741. The van der Waals surface area contributed by atoms with Gasteiger partial charge in [-0.2, -0.15) is 4.98 Å². The molecule has 0 amide bonds. The summed E-state index contributed by atoms with van der Waals surface area (Å²) >= 11 is 0. The third kappa shape index (κ3) is 1.77. The third-order valence-electron chi connectivity index (χ3n) is 3.02. The maximum Gasteiger partial charge on any atom is 0.214 e. The molecule has 1 aliphatic rings. The third-order valence-corrected chi connectivity index (χ3v) is 3.02. The zero-order valence-corrected chi connectivity index (χ0v) is 9.27. The molecule has 0 aliphatic carbocycles. The molecular weight excluding hydrogens is 221 g/mol. The molecule has 2 aromatic rings. The van der Waals surface area contributed by atoms with Crippen molar-refractivity contribution in [2.75, 3.05) is 18.0 Å². The topological polar surface area (TPSA) is 42.2 Å². The second-order valence-corrected chi connectivity index (χ2v) is 4.08. The highest BCUT2D eigenvalue weighted by atomic mass is 19.1. The van der Waals surface area contributed by atoms with Crippen molar-refractivity contribution in [3.05, 3.63) is 30.4 Å². The van der Waals surface area contributed by atoms with Gasteiger partial charge in [0.05, 0.1) is 11.3 Å². The summed E-state index contributed by atoms with van der Waals surface area (Å²) < 4.78 is 18.6. The Kier molecular flexibility index (Phi) is 2.51. The van der Waals surface area contributed by atoms with Crippen LogP contribution in [0.1, 0.15) is 12.8 Å². The molecule has 0 saturated carbocycles. The van der Waals surface area contributed by atoms with E-state index >= 15 is 0 Å². The van der Waals surface area contributed by atoms with Crippen molar-refractivity contribution in [1.82, 2.24) is 10.1 Å². The first-order chi connectivity index (χ1) is 8.36. The molecule has 1 aromatic carbocycles. The van der Waals surface area contributed by atoms with Crippen molar-refractivity contribution in [2.45, 2.75) is 12.8 Å². The molecule has 3 rings (SSSR count). The number of anilines is 1. The van der Waals surface area contributed by atoms with Crippen molar-refractivity contribution >= 4 is 5.69 Å². The van der Waals surface area contributed by atoms with Crippen molar-refractivity contribution < 1.29 is 8.91 Å². The first-order valence-corrected chi connectivity index (χ1v) is 5.66. The van der Waals surface area contributed by atoms with Crippen molar-refractivity contribution in [2.24, 2.45) is 0 Å². The molecule has 0 bridgehead atoms. The Labute approximate surface area is 98.1 Å². The molecule has 88 valence electrons. The maximum absolute atomic E-state index is 13.9. The highest BCUT2D eigenvalue weighted by Gasteiger charge is 2.21. The second kappa shape index (κ2) is 4.16. The van der Waals surface area contributed by atoms with Gasteiger partial charge in [0.15, 0.2) is 0 Å². The van der Waals surface area contributed by atoms with Crippen LogP contribution in [0.15, 0.2) is 29.1 Å². The highest BCUT2D eigenvalue weighted by molar-refractivity contribution is 5.74. The van der Waals surface area contributed by atoms with Gasteiger partial charge in [-0.05, 0) is 25.0 Å². The number of benzene rings is 1. The molecule has 1 aliphatic heterocycles. The first-order valence-electron chi connectivity index (χ1n) is 5.66. The van der Waals surface area contributed by atoms with Gasteiger partial charge in [-0.25, -0.2) is 4.39 Å². The lowest BCUT2D eigenvalue weighted by molar-refractivity contribution is 0.418. The Morgan fingerprint density at radius 1 is 1.24 bits per heavy atom. The summed E-state index contributed by atoms with van der Waals surface area (Å²) in [6.45, 7) is 1.91. The normalized spacial score (nSPS) is 15.5. The molecule has 0 unspecified atom stereocenters. The predicted molar refractivity (Wildman–Crippen MR) is 61.1 cm³/mol. The van der Waals surface area contributed by atoms with Crippen LogP contribution >= 0.6 is 0 Å². The van der Waals surface area contributed by atoms with E-state index in [1.54, 1.807) is 6.07 Å². The van der Waals surface area contributed by atoms with E-state index in [2.05, 4.69) is 15.0 Å². The van der Waals surface area contributed by atoms with Gasteiger partial charge in [-0.1, -0.05) is 11.2 Å². The fourth-order valence-electron chi connectivity index (χ4n) is 2.24. The van der Waals surface area contributed by atoms with Crippen molar-refractivity contribution in [3.8, 4) is 11.4 Å². The van der Waals surface area contributed by atoms with Crippen LogP contribution in [0, 0.1) is 5.82 Å². The Balaban J connectivity index is 2.11. The number of halogens is 1. The van der Waals surface area contributed by atoms with Gasteiger partial charge < -0.3 is 9.42 Å². The second-order valence-electron chi connectivity index (χ2n) is 4.08. The molecular formula is C12H12FN3O. The molecule has 5 heteroatoms. The largest absolute Gasteiger partial charge is 0.371 e.